The predicted molar refractivity (Wildman–Crippen MR) is 109 cm³/mol. The fraction of sp³-hybridized carbons (Fsp3) is 0.333. The van der Waals surface area contributed by atoms with Gasteiger partial charge >= 0.3 is 0 Å². The Labute approximate surface area is 169 Å². The molecule has 0 bridgehead atoms. The second kappa shape index (κ2) is 8.00. The second-order valence-corrected chi connectivity index (χ2v) is 7.28. The number of carbonyl (C=O) groups excluding carboxylic acids is 1. The molecule has 8 nitrogen and oxygen atoms in total. The molecule has 4 rings (SSSR count). The van der Waals surface area contributed by atoms with Crippen LogP contribution in [0.25, 0.3) is 0 Å². The Bertz CT molecular complexity index is 984. The molecule has 1 aromatic carbocycles. The number of anilines is 1. The molecule has 3 aromatic rings. The van der Waals surface area contributed by atoms with Gasteiger partial charge in [-0.1, -0.05) is 30.3 Å². The Morgan fingerprint density at radius 3 is 2.66 bits per heavy atom. The monoisotopic (exact) mass is 392 g/mol. The maximum absolute atomic E-state index is 13.0. The molecular weight excluding hydrogens is 368 g/mol. The molecule has 0 unspecified atom stereocenters. The van der Waals surface area contributed by atoms with Crippen LogP contribution in [0, 0.1) is 13.8 Å². The molecule has 2 aromatic heterocycles. The quantitative estimate of drug-likeness (QED) is 0.569. The van der Waals surface area contributed by atoms with E-state index in [4.69, 9.17) is 4.74 Å². The van der Waals surface area contributed by atoms with E-state index in [1.165, 1.54) is 0 Å². The highest BCUT2D eigenvalue weighted by atomic mass is 16.5. The van der Waals surface area contributed by atoms with Crippen LogP contribution in [0.2, 0.25) is 0 Å². The van der Waals surface area contributed by atoms with Gasteiger partial charge in [-0.15, -0.1) is 0 Å². The molecule has 1 fully saturated rings. The first-order chi connectivity index (χ1) is 14.1. The first kappa shape index (κ1) is 19.1. The van der Waals surface area contributed by atoms with Crippen LogP contribution in [0.5, 0.6) is 0 Å². The third-order valence-electron chi connectivity index (χ3n) is 5.23. The highest BCUT2D eigenvalue weighted by Crippen LogP contribution is 2.29. The summed E-state index contributed by atoms with van der Waals surface area (Å²) >= 11 is 0. The summed E-state index contributed by atoms with van der Waals surface area (Å²) in [6.07, 6.45) is 4.46. The van der Waals surface area contributed by atoms with Crippen molar-refractivity contribution in [3.05, 3.63) is 70.9 Å². The number of aryl methyl sites for hydroxylation is 1. The van der Waals surface area contributed by atoms with Gasteiger partial charge in [0.25, 0.3) is 5.91 Å². The molecule has 0 spiro atoms. The zero-order valence-electron chi connectivity index (χ0n) is 16.5. The van der Waals surface area contributed by atoms with E-state index in [-0.39, 0.29) is 11.7 Å². The normalized spacial score (nSPS) is 14.8. The molecule has 29 heavy (non-hydrogen) atoms. The Morgan fingerprint density at radius 1 is 1.21 bits per heavy atom. The Kier molecular flexibility index (Phi) is 5.26. The van der Waals surface area contributed by atoms with Crippen LogP contribution in [0.4, 0.5) is 5.82 Å². The van der Waals surface area contributed by atoms with Crippen molar-refractivity contribution < 1.29 is 9.53 Å². The van der Waals surface area contributed by atoms with E-state index in [0.29, 0.717) is 25.6 Å². The minimum Gasteiger partial charge on any atom is -0.376 e. The first-order valence-corrected chi connectivity index (χ1v) is 9.60. The zero-order chi connectivity index (χ0) is 20.3. The van der Waals surface area contributed by atoms with Crippen molar-refractivity contribution in [1.82, 2.24) is 25.5 Å². The lowest BCUT2D eigenvalue weighted by molar-refractivity contribution is -0.0735. The predicted octanol–water partition coefficient (Wildman–Crippen LogP) is 2.13. The average molecular weight is 392 g/mol. The minimum atomic E-state index is -0.532. The number of hydrogen-bond acceptors (Lipinski definition) is 6. The Hall–Kier alpha value is -3.26. The molecule has 1 saturated heterocycles. The van der Waals surface area contributed by atoms with Gasteiger partial charge in [0, 0.05) is 24.0 Å². The van der Waals surface area contributed by atoms with Gasteiger partial charge in [0.1, 0.15) is 11.4 Å². The van der Waals surface area contributed by atoms with Crippen LogP contribution < -0.4 is 10.6 Å². The maximum Gasteiger partial charge on any atom is 0.290 e. The fourth-order valence-electron chi connectivity index (χ4n) is 3.29. The topological polar surface area (TPSA) is 105 Å². The SMILES string of the molecule is Cc1nc(C(=O)NC2(c3ccccc3)COC2)nc(NCCc2cn[nH]c2)c1C. The number of aromatic amines is 1. The second-order valence-electron chi connectivity index (χ2n) is 7.28. The summed E-state index contributed by atoms with van der Waals surface area (Å²) in [5.41, 5.74) is 3.29. The van der Waals surface area contributed by atoms with Crippen molar-refractivity contribution in [2.75, 3.05) is 25.1 Å². The number of aromatic nitrogens is 4. The molecule has 0 aliphatic carbocycles. The van der Waals surface area contributed by atoms with Crippen molar-refractivity contribution in [2.45, 2.75) is 25.8 Å². The summed E-state index contributed by atoms with van der Waals surface area (Å²) < 4.78 is 5.41. The van der Waals surface area contributed by atoms with Gasteiger partial charge in [0.2, 0.25) is 5.82 Å². The van der Waals surface area contributed by atoms with Crippen LogP contribution in [0.3, 0.4) is 0 Å². The van der Waals surface area contributed by atoms with E-state index >= 15 is 0 Å². The number of carbonyl (C=O) groups is 1. The summed E-state index contributed by atoms with van der Waals surface area (Å²) in [6, 6.07) is 9.85. The van der Waals surface area contributed by atoms with E-state index in [1.807, 2.05) is 50.4 Å². The van der Waals surface area contributed by atoms with Crippen LogP contribution in [-0.4, -0.2) is 45.8 Å². The molecular formula is C21H24N6O2. The van der Waals surface area contributed by atoms with Gasteiger partial charge in [-0.3, -0.25) is 9.89 Å². The van der Waals surface area contributed by atoms with Crippen molar-refractivity contribution in [3.63, 3.8) is 0 Å². The summed E-state index contributed by atoms with van der Waals surface area (Å²) in [7, 11) is 0. The van der Waals surface area contributed by atoms with E-state index in [0.717, 1.165) is 28.8 Å². The highest BCUT2D eigenvalue weighted by molar-refractivity contribution is 5.91. The van der Waals surface area contributed by atoms with Crippen molar-refractivity contribution in [2.24, 2.45) is 0 Å². The highest BCUT2D eigenvalue weighted by Gasteiger charge is 2.42. The molecule has 150 valence electrons. The number of hydrogen-bond donors (Lipinski definition) is 3. The molecule has 0 saturated carbocycles. The maximum atomic E-state index is 13.0. The summed E-state index contributed by atoms with van der Waals surface area (Å²) in [5, 5.41) is 13.1. The van der Waals surface area contributed by atoms with Crippen LogP contribution in [-0.2, 0) is 16.7 Å². The van der Waals surface area contributed by atoms with Crippen LogP contribution in [0.1, 0.15) is 33.0 Å². The standard InChI is InChI=1S/C21H24N6O2/c1-14-15(2)25-19(26-18(14)22-9-8-16-10-23-24-11-16)20(28)27-21(12-29-13-21)17-6-4-3-5-7-17/h3-7,10-11H,8-9,12-13H2,1-2H3,(H,23,24)(H,27,28)(H,22,25,26). The zero-order valence-corrected chi connectivity index (χ0v) is 16.5. The number of H-pyrrole nitrogens is 1. The Balaban J connectivity index is 1.50. The summed E-state index contributed by atoms with van der Waals surface area (Å²) in [5.74, 6) is 0.518. The molecule has 1 aliphatic heterocycles. The number of ether oxygens (including phenoxy) is 1. The van der Waals surface area contributed by atoms with E-state index < -0.39 is 5.54 Å². The third kappa shape index (κ3) is 3.97. The molecule has 3 heterocycles. The lowest BCUT2D eigenvalue weighted by Crippen LogP contribution is -2.59. The van der Waals surface area contributed by atoms with Crippen molar-refractivity contribution in [1.29, 1.82) is 0 Å². The van der Waals surface area contributed by atoms with E-state index in [9.17, 15) is 4.79 Å². The number of nitrogens with one attached hydrogen (secondary N) is 3. The molecule has 8 heteroatoms. The molecule has 0 atom stereocenters. The average Bonchev–Trinajstić information content (AvgIpc) is 3.22. The molecule has 1 amide bonds. The van der Waals surface area contributed by atoms with Gasteiger partial charge in [-0.05, 0) is 31.4 Å². The van der Waals surface area contributed by atoms with Gasteiger partial charge < -0.3 is 15.4 Å². The number of benzene rings is 1. The van der Waals surface area contributed by atoms with E-state index in [2.05, 4.69) is 30.8 Å². The number of nitrogens with zero attached hydrogens (tertiary/aromatic N) is 3. The smallest absolute Gasteiger partial charge is 0.290 e. The van der Waals surface area contributed by atoms with Crippen LogP contribution >= 0.6 is 0 Å². The summed E-state index contributed by atoms with van der Waals surface area (Å²) in [6.45, 7) is 5.38. The largest absolute Gasteiger partial charge is 0.376 e. The van der Waals surface area contributed by atoms with Gasteiger partial charge in [0.05, 0.1) is 19.4 Å². The molecule has 0 radical (unpaired) electrons. The third-order valence-corrected chi connectivity index (χ3v) is 5.23. The number of rotatable bonds is 7. The Morgan fingerprint density at radius 2 is 2.00 bits per heavy atom. The fourth-order valence-corrected chi connectivity index (χ4v) is 3.29. The van der Waals surface area contributed by atoms with Gasteiger partial charge in [0.15, 0.2) is 0 Å². The van der Waals surface area contributed by atoms with Gasteiger partial charge in [-0.25, -0.2) is 9.97 Å². The van der Waals surface area contributed by atoms with Crippen LogP contribution in [0.15, 0.2) is 42.7 Å². The molecule has 1 aliphatic rings. The van der Waals surface area contributed by atoms with Crippen molar-refractivity contribution in [3.8, 4) is 0 Å². The van der Waals surface area contributed by atoms with E-state index in [1.54, 1.807) is 6.20 Å². The summed E-state index contributed by atoms with van der Waals surface area (Å²) in [4.78, 5) is 21.9. The number of amides is 1. The molecule has 3 N–H and O–H groups in total. The van der Waals surface area contributed by atoms with Gasteiger partial charge in [-0.2, -0.15) is 5.10 Å². The lowest BCUT2D eigenvalue weighted by Gasteiger charge is -2.42. The lowest BCUT2D eigenvalue weighted by atomic mass is 9.88. The first-order valence-electron chi connectivity index (χ1n) is 9.60. The van der Waals surface area contributed by atoms with Crippen molar-refractivity contribution >= 4 is 11.7 Å². The minimum absolute atomic E-state index is 0.154.